The normalized spacial score (nSPS) is 19.0. The first kappa shape index (κ1) is 31.5. The smallest absolute Gasteiger partial charge is 0.416 e. The molecule has 2 unspecified atom stereocenters. The van der Waals surface area contributed by atoms with Crippen molar-refractivity contribution < 1.29 is 17.9 Å². The second kappa shape index (κ2) is 17.1. The number of ether oxygens (including phenoxy) is 1. The number of hydrogen-bond acceptors (Lipinski definition) is 2. The molecule has 2 atom stereocenters. The summed E-state index contributed by atoms with van der Waals surface area (Å²) in [7, 11) is 0. The number of benzene rings is 1. The molecule has 5 heteroatoms. The fourth-order valence-electron chi connectivity index (χ4n) is 4.53. The molecule has 1 saturated carbocycles. The lowest BCUT2D eigenvalue weighted by Crippen LogP contribution is -2.19. The summed E-state index contributed by atoms with van der Waals surface area (Å²) in [5, 5.41) is 3.45. The highest BCUT2D eigenvalue weighted by atomic mass is 19.4. The van der Waals surface area contributed by atoms with E-state index in [0.717, 1.165) is 55.3 Å². The SMILES string of the molecule is CC(C)CCNCCC(C)C.CC/C=C(\CC1CCCC(c2ccc(C(F)(F)F)cc2)C1)OCC. The monoisotopic (exact) mass is 497 g/mol. The van der Waals surface area contributed by atoms with Gasteiger partial charge in [0.25, 0.3) is 0 Å². The van der Waals surface area contributed by atoms with Crippen molar-refractivity contribution in [2.45, 2.75) is 105 Å². The summed E-state index contributed by atoms with van der Waals surface area (Å²) in [6, 6.07) is 5.73. The van der Waals surface area contributed by atoms with Gasteiger partial charge in [-0.05, 0) is 106 Å². The van der Waals surface area contributed by atoms with Crippen LogP contribution in [0.25, 0.3) is 0 Å². The van der Waals surface area contributed by atoms with Gasteiger partial charge in [0.05, 0.1) is 17.9 Å². The highest BCUT2D eigenvalue weighted by molar-refractivity contribution is 5.27. The Morgan fingerprint density at radius 3 is 2.09 bits per heavy atom. The first-order chi connectivity index (χ1) is 16.6. The van der Waals surface area contributed by atoms with Crippen LogP contribution >= 0.6 is 0 Å². The maximum Gasteiger partial charge on any atom is 0.416 e. The zero-order valence-corrected chi connectivity index (χ0v) is 23.0. The molecular formula is C30H50F3NO. The topological polar surface area (TPSA) is 21.3 Å². The minimum Gasteiger partial charge on any atom is -0.499 e. The van der Waals surface area contributed by atoms with Gasteiger partial charge in [-0.2, -0.15) is 13.2 Å². The molecule has 2 nitrogen and oxygen atoms in total. The summed E-state index contributed by atoms with van der Waals surface area (Å²) >= 11 is 0. The van der Waals surface area contributed by atoms with Gasteiger partial charge >= 0.3 is 6.18 Å². The molecule has 0 radical (unpaired) electrons. The van der Waals surface area contributed by atoms with Gasteiger partial charge in [-0.1, -0.05) is 53.2 Å². The molecule has 1 aliphatic carbocycles. The van der Waals surface area contributed by atoms with Crippen molar-refractivity contribution in [2.24, 2.45) is 17.8 Å². The first-order valence-electron chi connectivity index (χ1n) is 13.8. The van der Waals surface area contributed by atoms with Crippen LogP contribution in [0.2, 0.25) is 0 Å². The third kappa shape index (κ3) is 14.0. The fraction of sp³-hybridized carbons (Fsp3) is 0.733. The van der Waals surface area contributed by atoms with Crippen LogP contribution in [0.5, 0.6) is 0 Å². The van der Waals surface area contributed by atoms with Crippen LogP contribution in [0, 0.1) is 17.8 Å². The van der Waals surface area contributed by atoms with Crippen LogP contribution in [-0.2, 0) is 10.9 Å². The Kier molecular flexibility index (Phi) is 15.4. The minimum absolute atomic E-state index is 0.357. The molecule has 1 fully saturated rings. The van der Waals surface area contributed by atoms with Crippen LogP contribution in [0.4, 0.5) is 13.2 Å². The van der Waals surface area contributed by atoms with E-state index >= 15 is 0 Å². The molecule has 1 aromatic rings. The van der Waals surface area contributed by atoms with Crippen LogP contribution in [0.15, 0.2) is 36.1 Å². The maximum atomic E-state index is 12.7. The number of halogens is 3. The lowest BCUT2D eigenvalue weighted by molar-refractivity contribution is -0.137. The lowest BCUT2D eigenvalue weighted by atomic mass is 9.76. The quantitative estimate of drug-likeness (QED) is 0.229. The van der Waals surface area contributed by atoms with Crippen molar-refractivity contribution in [3.63, 3.8) is 0 Å². The molecule has 202 valence electrons. The summed E-state index contributed by atoms with van der Waals surface area (Å²) in [6.07, 6.45) is 6.78. The second-order valence-corrected chi connectivity index (χ2v) is 10.7. The van der Waals surface area contributed by atoms with Crippen molar-refractivity contribution in [3.05, 3.63) is 47.2 Å². The van der Waals surface area contributed by atoms with Crippen LogP contribution < -0.4 is 5.32 Å². The molecule has 0 saturated heterocycles. The van der Waals surface area contributed by atoms with E-state index in [-0.39, 0.29) is 0 Å². The van der Waals surface area contributed by atoms with Gasteiger partial charge in [-0.3, -0.25) is 0 Å². The molecule has 1 N–H and O–H groups in total. The van der Waals surface area contributed by atoms with Crippen molar-refractivity contribution in [3.8, 4) is 0 Å². The molecule has 0 aromatic heterocycles. The predicted octanol–water partition coefficient (Wildman–Crippen LogP) is 9.37. The number of alkyl halides is 3. The molecule has 1 aliphatic rings. The lowest BCUT2D eigenvalue weighted by Gasteiger charge is -2.30. The van der Waals surface area contributed by atoms with E-state index in [4.69, 9.17) is 4.74 Å². The number of hydrogen-bond donors (Lipinski definition) is 1. The highest BCUT2D eigenvalue weighted by Gasteiger charge is 2.31. The van der Waals surface area contributed by atoms with E-state index in [1.807, 2.05) is 6.92 Å². The van der Waals surface area contributed by atoms with Crippen molar-refractivity contribution >= 4 is 0 Å². The van der Waals surface area contributed by atoms with E-state index in [9.17, 15) is 13.2 Å². The molecule has 0 amide bonds. The van der Waals surface area contributed by atoms with E-state index in [1.54, 1.807) is 12.1 Å². The maximum absolute atomic E-state index is 12.7. The van der Waals surface area contributed by atoms with E-state index in [2.05, 4.69) is 46.0 Å². The third-order valence-corrected chi connectivity index (χ3v) is 6.54. The molecule has 0 heterocycles. The first-order valence-corrected chi connectivity index (χ1v) is 13.8. The van der Waals surface area contributed by atoms with Crippen LogP contribution in [0.1, 0.15) is 110 Å². The zero-order chi connectivity index (χ0) is 26.3. The number of nitrogens with one attached hydrogen (secondary N) is 1. The van der Waals surface area contributed by atoms with Gasteiger partial charge in [0.2, 0.25) is 0 Å². The Bertz CT molecular complexity index is 685. The van der Waals surface area contributed by atoms with Crippen molar-refractivity contribution in [1.29, 1.82) is 0 Å². The van der Waals surface area contributed by atoms with Crippen LogP contribution in [-0.4, -0.2) is 19.7 Å². The summed E-state index contributed by atoms with van der Waals surface area (Å²) in [5.41, 5.74) is 0.466. The van der Waals surface area contributed by atoms with Gasteiger partial charge in [-0.25, -0.2) is 0 Å². The van der Waals surface area contributed by atoms with Gasteiger partial charge in [-0.15, -0.1) is 0 Å². The van der Waals surface area contributed by atoms with E-state index in [0.29, 0.717) is 18.4 Å². The molecular weight excluding hydrogens is 447 g/mol. The summed E-state index contributed by atoms with van der Waals surface area (Å²) in [6.45, 7) is 16.2. The Morgan fingerprint density at radius 1 is 1.00 bits per heavy atom. The molecule has 0 bridgehead atoms. The van der Waals surface area contributed by atoms with Crippen molar-refractivity contribution in [2.75, 3.05) is 19.7 Å². The Labute approximate surface area is 213 Å². The van der Waals surface area contributed by atoms with Crippen LogP contribution in [0.3, 0.4) is 0 Å². The molecule has 0 spiro atoms. The third-order valence-electron chi connectivity index (χ3n) is 6.54. The zero-order valence-electron chi connectivity index (χ0n) is 23.0. The Balaban J connectivity index is 0.000000471. The average molecular weight is 498 g/mol. The predicted molar refractivity (Wildman–Crippen MR) is 143 cm³/mol. The molecule has 1 aromatic carbocycles. The van der Waals surface area contributed by atoms with Gasteiger partial charge < -0.3 is 10.1 Å². The summed E-state index contributed by atoms with van der Waals surface area (Å²) in [4.78, 5) is 0. The van der Waals surface area contributed by atoms with Gasteiger partial charge in [0.1, 0.15) is 0 Å². The van der Waals surface area contributed by atoms with Gasteiger partial charge in [0, 0.05) is 6.42 Å². The summed E-state index contributed by atoms with van der Waals surface area (Å²) < 4.78 is 43.8. The van der Waals surface area contributed by atoms with E-state index in [1.165, 1.54) is 44.5 Å². The standard InChI is InChI=1S/C20H27F3O.C10H23N/c1-3-6-19(24-4-2)14-15-7-5-8-17(13-15)16-9-11-18(12-10-16)20(21,22)23;1-9(2)5-7-11-8-6-10(3)4/h6,9-12,15,17H,3-5,7-8,13-14H2,1-2H3;9-11H,5-8H2,1-4H3/b19-6+;. The number of rotatable bonds is 12. The van der Waals surface area contributed by atoms with Crippen molar-refractivity contribution in [1.82, 2.24) is 5.32 Å². The molecule has 35 heavy (non-hydrogen) atoms. The fourth-order valence-corrected chi connectivity index (χ4v) is 4.53. The van der Waals surface area contributed by atoms with Gasteiger partial charge in [0.15, 0.2) is 0 Å². The largest absolute Gasteiger partial charge is 0.499 e. The molecule has 0 aliphatic heterocycles. The second-order valence-electron chi connectivity index (χ2n) is 10.7. The number of allylic oxidation sites excluding steroid dienone is 2. The summed E-state index contributed by atoms with van der Waals surface area (Å²) in [5.74, 6) is 3.65. The highest BCUT2D eigenvalue weighted by Crippen LogP contribution is 2.40. The Morgan fingerprint density at radius 2 is 1.60 bits per heavy atom. The van der Waals surface area contributed by atoms with E-state index < -0.39 is 11.7 Å². The minimum atomic E-state index is -4.26. The average Bonchev–Trinajstić information content (AvgIpc) is 2.79. The Hall–Kier alpha value is -1.49. The molecule has 2 rings (SSSR count).